The standard InChI is InChI=1S/C14H21N3OS/c1-2-15-12-8-13(17-14(16-12)10-5-6-10)19-9-11-4-3-7-18-11/h8,10-11H,2-7,9H2,1H3,(H,15,16,17). The Morgan fingerprint density at radius 1 is 1.37 bits per heavy atom. The number of rotatable bonds is 6. The van der Waals surface area contributed by atoms with Crippen molar-refractivity contribution in [1.29, 1.82) is 0 Å². The van der Waals surface area contributed by atoms with Gasteiger partial charge >= 0.3 is 0 Å². The van der Waals surface area contributed by atoms with Gasteiger partial charge in [-0.05, 0) is 32.6 Å². The van der Waals surface area contributed by atoms with Crippen molar-refractivity contribution in [2.45, 2.75) is 49.7 Å². The minimum atomic E-state index is 0.409. The SMILES string of the molecule is CCNc1cc(SCC2CCCO2)nc(C2CC2)n1. The predicted molar refractivity (Wildman–Crippen MR) is 77.9 cm³/mol. The molecule has 2 heterocycles. The summed E-state index contributed by atoms with van der Waals surface area (Å²) in [5.41, 5.74) is 0. The van der Waals surface area contributed by atoms with Gasteiger partial charge in [-0.1, -0.05) is 0 Å². The first-order chi connectivity index (χ1) is 9.35. The van der Waals surface area contributed by atoms with Crippen LogP contribution in [-0.2, 0) is 4.74 Å². The summed E-state index contributed by atoms with van der Waals surface area (Å²) < 4.78 is 5.66. The van der Waals surface area contributed by atoms with Crippen LogP contribution in [0.3, 0.4) is 0 Å². The molecule has 0 spiro atoms. The Morgan fingerprint density at radius 2 is 2.26 bits per heavy atom. The molecule has 5 heteroatoms. The second-order valence-electron chi connectivity index (χ2n) is 5.20. The van der Waals surface area contributed by atoms with E-state index in [1.54, 1.807) is 11.8 Å². The third-order valence-electron chi connectivity index (χ3n) is 3.46. The quantitative estimate of drug-likeness (QED) is 0.640. The molecule has 2 aliphatic rings. The molecule has 1 saturated carbocycles. The van der Waals surface area contributed by atoms with E-state index in [9.17, 15) is 0 Å². The number of anilines is 1. The normalized spacial score (nSPS) is 22.7. The summed E-state index contributed by atoms with van der Waals surface area (Å²) in [6.07, 6.45) is 5.28. The molecule has 0 aromatic carbocycles. The molecule has 1 saturated heterocycles. The zero-order valence-corrected chi connectivity index (χ0v) is 12.2. The maximum Gasteiger partial charge on any atom is 0.135 e. The first-order valence-corrected chi connectivity index (χ1v) is 8.21. The zero-order chi connectivity index (χ0) is 13.1. The van der Waals surface area contributed by atoms with Crippen LogP contribution < -0.4 is 5.32 Å². The van der Waals surface area contributed by atoms with Crippen molar-refractivity contribution in [2.24, 2.45) is 0 Å². The van der Waals surface area contributed by atoms with Gasteiger partial charge in [-0.2, -0.15) is 0 Å². The fourth-order valence-corrected chi connectivity index (χ4v) is 3.24. The van der Waals surface area contributed by atoms with Crippen molar-refractivity contribution in [1.82, 2.24) is 9.97 Å². The van der Waals surface area contributed by atoms with E-state index in [0.29, 0.717) is 12.0 Å². The molecule has 1 aliphatic carbocycles. The molecule has 2 fully saturated rings. The second-order valence-corrected chi connectivity index (χ2v) is 6.24. The number of hydrogen-bond donors (Lipinski definition) is 1. The number of nitrogens with zero attached hydrogens (tertiary/aromatic N) is 2. The Labute approximate surface area is 118 Å². The third-order valence-corrected chi connectivity index (χ3v) is 4.50. The Kier molecular flexibility index (Phi) is 4.23. The van der Waals surface area contributed by atoms with Crippen LogP contribution in [0.25, 0.3) is 0 Å². The highest BCUT2D eigenvalue weighted by Crippen LogP contribution is 2.39. The maximum absolute atomic E-state index is 5.66. The lowest BCUT2D eigenvalue weighted by molar-refractivity contribution is 0.129. The van der Waals surface area contributed by atoms with E-state index in [4.69, 9.17) is 9.72 Å². The maximum atomic E-state index is 5.66. The van der Waals surface area contributed by atoms with E-state index in [1.807, 2.05) is 0 Å². The van der Waals surface area contributed by atoms with Crippen molar-refractivity contribution in [3.05, 3.63) is 11.9 Å². The van der Waals surface area contributed by atoms with Gasteiger partial charge in [-0.15, -0.1) is 11.8 Å². The molecule has 0 amide bonds. The number of thioether (sulfide) groups is 1. The van der Waals surface area contributed by atoms with Gasteiger partial charge in [0.25, 0.3) is 0 Å². The number of ether oxygens (including phenoxy) is 1. The molecule has 1 atom stereocenters. The van der Waals surface area contributed by atoms with Gasteiger partial charge in [0.05, 0.1) is 6.10 Å². The van der Waals surface area contributed by atoms with Crippen molar-refractivity contribution in [3.8, 4) is 0 Å². The Balaban J connectivity index is 1.67. The largest absolute Gasteiger partial charge is 0.377 e. The molecule has 1 aliphatic heterocycles. The van der Waals surface area contributed by atoms with E-state index in [-0.39, 0.29) is 0 Å². The first-order valence-electron chi connectivity index (χ1n) is 7.22. The highest BCUT2D eigenvalue weighted by atomic mass is 32.2. The van der Waals surface area contributed by atoms with Crippen LogP contribution in [0.5, 0.6) is 0 Å². The summed E-state index contributed by atoms with van der Waals surface area (Å²) in [6.45, 7) is 3.92. The van der Waals surface area contributed by atoms with Crippen molar-refractivity contribution >= 4 is 17.6 Å². The van der Waals surface area contributed by atoms with Crippen LogP contribution in [0, 0.1) is 0 Å². The lowest BCUT2D eigenvalue weighted by atomic mass is 10.3. The van der Waals surface area contributed by atoms with E-state index < -0.39 is 0 Å². The number of hydrogen-bond acceptors (Lipinski definition) is 5. The summed E-state index contributed by atoms with van der Waals surface area (Å²) in [4.78, 5) is 9.29. The Bertz CT molecular complexity index is 431. The number of aromatic nitrogens is 2. The molecule has 0 radical (unpaired) electrons. The molecule has 1 aromatic rings. The van der Waals surface area contributed by atoms with Crippen LogP contribution in [-0.4, -0.2) is 35.0 Å². The van der Waals surface area contributed by atoms with Gasteiger partial charge in [0.15, 0.2) is 0 Å². The van der Waals surface area contributed by atoms with Gasteiger partial charge in [-0.3, -0.25) is 0 Å². The highest BCUT2D eigenvalue weighted by molar-refractivity contribution is 7.99. The summed E-state index contributed by atoms with van der Waals surface area (Å²) in [5, 5.41) is 4.39. The third kappa shape index (κ3) is 3.60. The van der Waals surface area contributed by atoms with Crippen molar-refractivity contribution in [2.75, 3.05) is 24.2 Å². The van der Waals surface area contributed by atoms with Gasteiger partial charge in [0, 0.05) is 30.9 Å². The topological polar surface area (TPSA) is 47.0 Å². The average Bonchev–Trinajstić information content (AvgIpc) is 3.14. The van der Waals surface area contributed by atoms with E-state index >= 15 is 0 Å². The fraction of sp³-hybridized carbons (Fsp3) is 0.714. The molecular weight excluding hydrogens is 258 g/mol. The van der Waals surface area contributed by atoms with E-state index in [2.05, 4.69) is 23.3 Å². The first kappa shape index (κ1) is 13.2. The molecule has 1 N–H and O–H groups in total. The molecular formula is C14H21N3OS. The highest BCUT2D eigenvalue weighted by Gasteiger charge is 2.27. The smallest absolute Gasteiger partial charge is 0.135 e. The monoisotopic (exact) mass is 279 g/mol. The van der Waals surface area contributed by atoms with Crippen LogP contribution in [0.1, 0.15) is 44.3 Å². The van der Waals surface area contributed by atoms with Gasteiger partial charge in [0.1, 0.15) is 16.7 Å². The lowest BCUT2D eigenvalue weighted by Crippen LogP contribution is -2.09. The fourth-order valence-electron chi connectivity index (χ4n) is 2.27. The molecule has 104 valence electrons. The van der Waals surface area contributed by atoms with E-state index in [1.165, 1.54) is 25.7 Å². The molecule has 3 rings (SSSR count). The summed E-state index contributed by atoms with van der Waals surface area (Å²) >= 11 is 1.80. The zero-order valence-electron chi connectivity index (χ0n) is 11.4. The van der Waals surface area contributed by atoms with Crippen LogP contribution in [0.15, 0.2) is 11.1 Å². The molecule has 19 heavy (non-hydrogen) atoms. The molecule has 0 bridgehead atoms. The summed E-state index contributed by atoms with van der Waals surface area (Å²) in [7, 11) is 0. The predicted octanol–water partition coefficient (Wildman–Crippen LogP) is 3.06. The Hall–Kier alpha value is -0.810. The van der Waals surface area contributed by atoms with Crippen molar-refractivity contribution < 1.29 is 4.74 Å². The molecule has 4 nitrogen and oxygen atoms in total. The van der Waals surface area contributed by atoms with E-state index in [0.717, 1.165) is 35.6 Å². The van der Waals surface area contributed by atoms with Gasteiger partial charge in [-0.25, -0.2) is 9.97 Å². The minimum Gasteiger partial charge on any atom is -0.377 e. The Morgan fingerprint density at radius 3 is 2.95 bits per heavy atom. The lowest BCUT2D eigenvalue weighted by Gasteiger charge is -2.10. The summed E-state index contributed by atoms with van der Waals surface area (Å²) in [5.74, 6) is 3.59. The van der Waals surface area contributed by atoms with Crippen molar-refractivity contribution in [3.63, 3.8) is 0 Å². The van der Waals surface area contributed by atoms with Gasteiger partial charge < -0.3 is 10.1 Å². The summed E-state index contributed by atoms with van der Waals surface area (Å²) in [6, 6.07) is 2.06. The van der Waals surface area contributed by atoms with Crippen LogP contribution in [0.2, 0.25) is 0 Å². The minimum absolute atomic E-state index is 0.409. The average molecular weight is 279 g/mol. The van der Waals surface area contributed by atoms with Crippen LogP contribution >= 0.6 is 11.8 Å². The molecule has 1 aromatic heterocycles. The number of nitrogens with one attached hydrogen (secondary N) is 1. The second kappa shape index (κ2) is 6.09. The molecule has 1 unspecified atom stereocenters. The van der Waals surface area contributed by atoms with Gasteiger partial charge in [0.2, 0.25) is 0 Å². The van der Waals surface area contributed by atoms with Crippen LogP contribution in [0.4, 0.5) is 5.82 Å².